The van der Waals surface area contributed by atoms with Gasteiger partial charge in [-0.3, -0.25) is 24.2 Å². The number of carbonyl (C=O) groups is 2. The van der Waals surface area contributed by atoms with E-state index in [1.807, 2.05) is 6.20 Å². The van der Waals surface area contributed by atoms with Crippen LogP contribution in [0.1, 0.15) is 23.2 Å². The van der Waals surface area contributed by atoms with Crippen LogP contribution in [0.3, 0.4) is 0 Å². The van der Waals surface area contributed by atoms with Crippen molar-refractivity contribution < 1.29 is 18.7 Å². The Morgan fingerprint density at radius 2 is 1.86 bits per heavy atom. The predicted octanol–water partition coefficient (Wildman–Crippen LogP) is 1.72. The maximum absolute atomic E-state index is 14.4. The van der Waals surface area contributed by atoms with Gasteiger partial charge in [0, 0.05) is 31.9 Å². The Kier molecular flexibility index (Phi) is 5.85. The summed E-state index contributed by atoms with van der Waals surface area (Å²) in [6, 6.07) is 1.34. The van der Waals surface area contributed by atoms with Crippen molar-refractivity contribution in [2.75, 3.05) is 30.3 Å². The Balaban J connectivity index is 1.14. The minimum atomic E-state index is -0.871. The lowest BCUT2D eigenvalue weighted by Crippen LogP contribution is -2.45. The fourth-order valence-corrected chi connectivity index (χ4v) is 4.79. The maximum Gasteiger partial charge on any atom is 0.259 e. The van der Waals surface area contributed by atoms with E-state index in [-0.39, 0.29) is 41.6 Å². The molecule has 2 fully saturated rings. The number of ether oxygens (including phenoxy) is 1. The monoisotopic (exact) mass is 505 g/mol. The summed E-state index contributed by atoms with van der Waals surface area (Å²) in [5, 5.41) is 13.6. The number of hydrogen-bond acceptors (Lipinski definition) is 8. The Labute approximate surface area is 210 Å². The number of amides is 2. The van der Waals surface area contributed by atoms with Gasteiger partial charge in [0.2, 0.25) is 11.9 Å². The third-order valence-electron chi connectivity index (χ3n) is 6.51. The molecule has 2 aliphatic rings. The summed E-state index contributed by atoms with van der Waals surface area (Å²) in [6.45, 7) is 1.63. The summed E-state index contributed by atoms with van der Waals surface area (Å²) in [5.74, 6) is -1.70. The van der Waals surface area contributed by atoms with E-state index in [1.165, 1.54) is 29.2 Å². The second-order valence-corrected chi connectivity index (χ2v) is 9.28. The van der Waals surface area contributed by atoms with Gasteiger partial charge in [0.05, 0.1) is 77.9 Å². The van der Waals surface area contributed by atoms with Crippen molar-refractivity contribution in [3.05, 3.63) is 54.8 Å². The number of fused-ring (bicyclic) bond motifs is 3. The molecule has 0 spiro atoms. The highest BCUT2D eigenvalue weighted by atomic mass is 19.1. The van der Waals surface area contributed by atoms with Crippen molar-refractivity contribution in [2.24, 2.45) is 7.05 Å². The number of halogens is 1. The molecule has 2 saturated heterocycles. The van der Waals surface area contributed by atoms with Crippen molar-refractivity contribution in [1.82, 2.24) is 34.3 Å². The zero-order valence-electron chi connectivity index (χ0n) is 20.0. The van der Waals surface area contributed by atoms with Gasteiger partial charge < -0.3 is 15.4 Å². The molecule has 4 aromatic rings. The van der Waals surface area contributed by atoms with E-state index < -0.39 is 11.9 Å². The molecule has 2 aliphatic heterocycles. The summed E-state index contributed by atoms with van der Waals surface area (Å²) in [6.07, 6.45) is 11.7. The number of anilines is 2. The van der Waals surface area contributed by atoms with Crippen molar-refractivity contribution in [3.8, 4) is 11.3 Å². The van der Waals surface area contributed by atoms with Crippen LogP contribution in [0.25, 0.3) is 16.8 Å². The second-order valence-electron chi connectivity index (χ2n) is 9.28. The molecule has 13 heteroatoms. The number of nitrogens with one attached hydrogen (secondary N) is 2. The van der Waals surface area contributed by atoms with Crippen LogP contribution in [0.2, 0.25) is 0 Å². The first kappa shape index (κ1) is 23.2. The van der Waals surface area contributed by atoms with Gasteiger partial charge in [-0.2, -0.15) is 14.6 Å². The van der Waals surface area contributed by atoms with Crippen molar-refractivity contribution >= 4 is 28.7 Å². The molecule has 0 aliphatic carbocycles. The van der Waals surface area contributed by atoms with Crippen LogP contribution in [0.4, 0.5) is 15.8 Å². The molecule has 0 radical (unpaired) electrons. The van der Waals surface area contributed by atoms with Crippen LogP contribution >= 0.6 is 0 Å². The Bertz CT molecular complexity index is 1490. The average molecular weight is 506 g/mol. The minimum absolute atomic E-state index is 0.161. The Morgan fingerprint density at radius 1 is 1.05 bits per heavy atom. The van der Waals surface area contributed by atoms with Crippen LogP contribution in [0.15, 0.2) is 43.2 Å². The number of hydrogen-bond donors (Lipinski definition) is 2. The molecule has 2 bridgehead atoms. The topological polar surface area (TPSA) is 132 Å². The van der Waals surface area contributed by atoms with Crippen LogP contribution in [-0.4, -0.2) is 77.9 Å². The van der Waals surface area contributed by atoms with Gasteiger partial charge >= 0.3 is 0 Å². The highest BCUT2D eigenvalue weighted by Crippen LogP contribution is 2.26. The number of aryl methyl sites for hydroxylation is 1. The third kappa shape index (κ3) is 4.78. The molecule has 0 aromatic carbocycles. The van der Waals surface area contributed by atoms with Gasteiger partial charge in [-0.25, -0.2) is 9.50 Å². The predicted molar refractivity (Wildman–Crippen MR) is 130 cm³/mol. The Hall–Kier alpha value is -4.23. The standard InChI is InChI=1S/C24H24FN9O3/c1-32-9-14(5-28-32)20-12-34-21(8-26-20)18(7-29-34)24(36)31-19-4-15(6-27-23(19)25)30-22(35)13-33-10-16-2-3-17(11-33)37-16/h4-9,12,16-17H,2-3,10-11,13H2,1H3,(H,30,35)(H,31,36). The first-order valence-electron chi connectivity index (χ1n) is 11.9. The van der Waals surface area contributed by atoms with E-state index in [0.29, 0.717) is 24.3 Å². The van der Waals surface area contributed by atoms with Crippen molar-refractivity contribution in [1.29, 1.82) is 0 Å². The fraction of sp³-hybridized carbons (Fsp3) is 0.333. The lowest BCUT2D eigenvalue weighted by atomic mass is 10.2. The van der Waals surface area contributed by atoms with Gasteiger partial charge in [-0.1, -0.05) is 0 Å². The van der Waals surface area contributed by atoms with Gasteiger partial charge in [0.25, 0.3) is 5.91 Å². The van der Waals surface area contributed by atoms with E-state index in [2.05, 4.69) is 35.7 Å². The summed E-state index contributed by atoms with van der Waals surface area (Å²) in [5.41, 5.74) is 2.22. The van der Waals surface area contributed by atoms with E-state index in [4.69, 9.17) is 4.74 Å². The molecular formula is C24H24FN9O3. The zero-order chi connectivity index (χ0) is 25.5. The van der Waals surface area contributed by atoms with E-state index in [9.17, 15) is 14.0 Å². The number of morpholine rings is 1. The average Bonchev–Trinajstić information content (AvgIpc) is 3.58. The second kappa shape index (κ2) is 9.33. The molecule has 2 atom stereocenters. The van der Waals surface area contributed by atoms with Crippen molar-refractivity contribution in [3.63, 3.8) is 0 Å². The molecule has 2 amide bonds. The quantitative estimate of drug-likeness (QED) is 0.379. The first-order chi connectivity index (χ1) is 17.9. The van der Waals surface area contributed by atoms with Gasteiger partial charge in [0.1, 0.15) is 0 Å². The SMILES string of the molecule is Cn1cc(-c2cn3ncc(C(=O)Nc4cc(NC(=O)CN5CC6CCC(C5)O6)cnc4F)c3cn2)cn1. The number of likely N-dealkylation sites (tertiary alicyclic amines) is 1. The summed E-state index contributed by atoms with van der Waals surface area (Å²) < 4.78 is 23.4. The number of rotatable bonds is 6. The lowest BCUT2D eigenvalue weighted by molar-refractivity contribution is -0.119. The first-order valence-corrected chi connectivity index (χ1v) is 11.9. The van der Waals surface area contributed by atoms with Crippen LogP contribution in [0, 0.1) is 5.95 Å². The van der Waals surface area contributed by atoms with Crippen LogP contribution < -0.4 is 10.6 Å². The van der Waals surface area contributed by atoms with E-state index >= 15 is 0 Å². The number of carbonyl (C=O) groups excluding carboxylic acids is 2. The lowest BCUT2D eigenvalue weighted by Gasteiger charge is -2.31. The van der Waals surface area contributed by atoms with E-state index in [1.54, 1.807) is 24.1 Å². The summed E-state index contributed by atoms with van der Waals surface area (Å²) >= 11 is 0. The molecule has 6 heterocycles. The molecular weight excluding hydrogens is 481 g/mol. The number of aromatic nitrogens is 6. The summed E-state index contributed by atoms with van der Waals surface area (Å²) in [7, 11) is 1.81. The molecule has 6 rings (SSSR count). The van der Waals surface area contributed by atoms with Crippen LogP contribution in [0.5, 0.6) is 0 Å². The molecule has 37 heavy (non-hydrogen) atoms. The van der Waals surface area contributed by atoms with E-state index in [0.717, 1.165) is 18.4 Å². The normalized spacial score (nSPS) is 19.3. The zero-order valence-corrected chi connectivity index (χ0v) is 20.0. The van der Waals surface area contributed by atoms with Gasteiger partial charge in [0.15, 0.2) is 0 Å². The largest absolute Gasteiger partial charge is 0.372 e. The highest BCUT2D eigenvalue weighted by Gasteiger charge is 2.34. The number of pyridine rings is 1. The van der Waals surface area contributed by atoms with Gasteiger partial charge in [-0.05, 0) is 18.9 Å². The molecule has 190 valence electrons. The Morgan fingerprint density at radius 3 is 2.62 bits per heavy atom. The molecule has 4 aromatic heterocycles. The van der Waals surface area contributed by atoms with Crippen molar-refractivity contribution in [2.45, 2.75) is 25.0 Å². The third-order valence-corrected chi connectivity index (χ3v) is 6.51. The van der Waals surface area contributed by atoms with Crippen LogP contribution in [-0.2, 0) is 16.6 Å². The maximum atomic E-state index is 14.4. The highest BCUT2D eigenvalue weighted by molar-refractivity contribution is 6.09. The summed E-state index contributed by atoms with van der Waals surface area (Å²) in [4.78, 5) is 35.7. The molecule has 0 saturated carbocycles. The fourth-order valence-electron chi connectivity index (χ4n) is 4.79. The minimum Gasteiger partial charge on any atom is -0.372 e. The number of nitrogens with zero attached hydrogens (tertiary/aromatic N) is 7. The molecule has 2 unspecified atom stereocenters. The smallest absolute Gasteiger partial charge is 0.259 e. The van der Waals surface area contributed by atoms with Gasteiger partial charge in [-0.15, -0.1) is 0 Å². The molecule has 2 N–H and O–H groups in total. The molecule has 12 nitrogen and oxygen atoms in total.